The van der Waals surface area contributed by atoms with Crippen molar-refractivity contribution < 1.29 is 0 Å². The minimum Gasteiger partial charge on any atom is -0.359 e. The van der Waals surface area contributed by atoms with Gasteiger partial charge in [0.25, 0.3) is 0 Å². The van der Waals surface area contributed by atoms with Crippen LogP contribution in [0.3, 0.4) is 0 Å². The molecule has 4 aliphatic rings. The summed E-state index contributed by atoms with van der Waals surface area (Å²) >= 11 is 0. The molecule has 1 aromatic carbocycles. The first-order valence-corrected chi connectivity index (χ1v) is 9.56. The molecule has 0 bridgehead atoms. The molecule has 0 spiro atoms. The summed E-state index contributed by atoms with van der Waals surface area (Å²) in [7, 11) is 4.39. The molecule has 0 fully saturated rings. The highest BCUT2D eigenvalue weighted by Crippen LogP contribution is 2.49. The molecule has 1 aromatic rings. The number of hydrogen-bond donors (Lipinski definition) is 0. The molecular weight excluding hydrogens is 308 g/mol. The van der Waals surface area contributed by atoms with E-state index in [4.69, 9.17) is 0 Å². The minimum absolute atomic E-state index is 0.406. The van der Waals surface area contributed by atoms with Crippen molar-refractivity contribution in [1.29, 1.82) is 0 Å². The molecule has 0 aliphatic carbocycles. The average Bonchev–Trinajstić information content (AvgIpc) is 3.04. The number of benzene rings is 1. The van der Waals surface area contributed by atoms with Crippen molar-refractivity contribution in [2.24, 2.45) is 0 Å². The standard InChI is InChI=1S/C21H28N4/c1-13-20-16(6-8-18-11-22(4)14(2)24(18)20)10-17-7-9-19-12-23(5)15(3)25(19)21(13)17/h10-12,14-15H,6-9H2,1-5H3/t14-,15+. The fourth-order valence-electron chi connectivity index (χ4n) is 5.20. The van der Waals surface area contributed by atoms with E-state index in [0.29, 0.717) is 12.3 Å². The monoisotopic (exact) mass is 336 g/mol. The lowest BCUT2D eigenvalue weighted by atomic mass is 9.88. The molecule has 25 heavy (non-hydrogen) atoms. The zero-order chi connectivity index (χ0) is 17.5. The summed E-state index contributed by atoms with van der Waals surface area (Å²) in [6.45, 7) is 6.98. The van der Waals surface area contributed by atoms with E-state index in [1.807, 2.05) is 0 Å². The van der Waals surface area contributed by atoms with Gasteiger partial charge in [-0.3, -0.25) is 0 Å². The first-order valence-electron chi connectivity index (χ1n) is 9.56. The van der Waals surface area contributed by atoms with E-state index in [1.54, 1.807) is 11.1 Å². The van der Waals surface area contributed by atoms with Crippen molar-refractivity contribution >= 4 is 11.4 Å². The molecule has 0 N–H and O–H groups in total. The van der Waals surface area contributed by atoms with Gasteiger partial charge in [-0.2, -0.15) is 0 Å². The van der Waals surface area contributed by atoms with E-state index in [0.717, 1.165) is 12.8 Å². The minimum atomic E-state index is 0.406. The highest BCUT2D eigenvalue weighted by molar-refractivity contribution is 5.80. The maximum Gasteiger partial charge on any atom is 0.102 e. The van der Waals surface area contributed by atoms with E-state index in [-0.39, 0.29) is 0 Å². The second kappa shape index (κ2) is 4.96. The quantitative estimate of drug-likeness (QED) is 0.715. The Kier molecular flexibility index (Phi) is 3.01. The largest absolute Gasteiger partial charge is 0.359 e. The van der Waals surface area contributed by atoms with Crippen LogP contribution in [-0.2, 0) is 12.8 Å². The summed E-state index contributed by atoms with van der Waals surface area (Å²) in [5, 5.41) is 0. The molecule has 0 aromatic heterocycles. The number of aryl methyl sites for hydroxylation is 2. The molecule has 4 nitrogen and oxygen atoms in total. The van der Waals surface area contributed by atoms with Crippen molar-refractivity contribution in [2.75, 3.05) is 23.9 Å². The molecule has 0 radical (unpaired) electrons. The third-order valence-corrected chi connectivity index (χ3v) is 6.70. The number of hydrogen-bond acceptors (Lipinski definition) is 4. The predicted molar refractivity (Wildman–Crippen MR) is 103 cm³/mol. The van der Waals surface area contributed by atoms with Crippen molar-refractivity contribution in [2.45, 2.75) is 58.8 Å². The molecule has 0 saturated carbocycles. The van der Waals surface area contributed by atoms with E-state index in [1.165, 1.54) is 41.2 Å². The van der Waals surface area contributed by atoms with Gasteiger partial charge < -0.3 is 19.6 Å². The average molecular weight is 336 g/mol. The maximum atomic E-state index is 2.58. The Bertz CT molecular complexity index is 757. The topological polar surface area (TPSA) is 13.0 Å². The van der Waals surface area contributed by atoms with Crippen LogP contribution in [0, 0.1) is 6.92 Å². The fourth-order valence-corrected chi connectivity index (χ4v) is 5.20. The molecule has 4 aliphatic heterocycles. The van der Waals surface area contributed by atoms with Gasteiger partial charge in [-0.1, -0.05) is 6.07 Å². The second-order valence-electron chi connectivity index (χ2n) is 8.09. The Morgan fingerprint density at radius 1 is 0.760 bits per heavy atom. The summed E-state index contributed by atoms with van der Waals surface area (Å²) < 4.78 is 0. The van der Waals surface area contributed by atoms with Crippen molar-refractivity contribution in [3.8, 4) is 0 Å². The summed E-state index contributed by atoms with van der Waals surface area (Å²) in [6.07, 6.45) is 10.1. The van der Waals surface area contributed by atoms with Gasteiger partial charge in [0.05, 0.1) is 11.4 Å². The predicted octanol–water partition coefficient (Wildman–Crippen LogP) is 3.77. The molecule has 0 amide bonds. The molecule has 0 unspecified atom stereocenters. The summed E-state index contributed by atoms with van der Waals surface area (Å²) in [6, 6.07) is 2.52. The van der Waals surface area contributed by atoms with Crippen LogP contribution in [0.25, 0.3) is 0 Å². The van der Waals surface area contributed by atoms with Gasteiger partial charge in [-0.25, -0.2) is 0 Å². The molecule has 2 atom stereocenters. The lowest BCUT2D eigenvalue weighted by Gasteiger charge is -2.41. The first-order chi connectivity index (χ1) is 12.0. The zero-order valence-corrected chi connectivity index (χ0v) is 16.0. The number of fused-ring (bicyclic) bond motifs is 6. The van der Waals surface area contributed by atoms with Gasteiger partial charge in [0.1, 0.15) is 12.3 Å². The van der Waals surface area contributed by atoms with E-state index in [9.17, 15) is 0 Å². The Morgan fingerprint density at radius 2 is 1.20 bits per heavy atom. The normalized spacial score (nSPS) is 26.9. The van der Waals surface area contributed by atoms with Gasteiger partial charge in [0.15, 0.2) is 0 Å². The Hall–Kier alpha value is -2.10. The Labute approximate surface area is 151 Å². The fraction of sp³-hybridized carbons (Fsp3) is 0.524. The van der Waals surface area contributed by atoms with Gasteiger partial charge in [-0.05, 0) is 63.1 Å². The number of nitrogens with zero attached hydrogens (tertiary/aromatic N) is 4. The van der Waals surface area contributed by atoms with Gasteiger partial charge >= 0.3 is 0 Å². The Balaban J connectivity index is 1.70. The van der Waals surface area contributed by atoms with Gasteiger partial charge in [-0.15, -0.1) is 0 Å². The molecule has 132 valence electrons. The van der Waals surface area contributed by atoms with Crippen molar-refractivity contribution in [1.82, 2.24) is 9.80 Å². The lowest BCUT2D eigenvalue weighted by molar-refractivity contribution is 0.378. The van der Waals surface area contributed by atoms with Gasteiger partial charge in [0, 0.05) is 37.9 Å². The second-order valence-corrected chi connectivity index (χ2v) is 8.09. The van der Waals surface area contributed by atoms with Crippen molar-refractivity contribution in [3.05, 3.63) is 46.6 Å². The third kappa shape index (κ3) is 1.88. The maximum absolute atomic E-state index is 2.58. The molecule has 0 saturated heterocycles. The van der Waals surface area contributed by atoms with Crippen LogP contribution in [-0.4, -0.2) is 36.2 Å². The SMILES string of the molecule is Cc1c2c(cc3c1N1C(=CN(C)[C@@H]1C)CC3)CCC1=CN(C)[C@@H](C)N12. The molecular formula is C21H28N4. The number of rotatable bonds is 0. The molecule has 4 heterocycles. The zero-order valence-electron chi connectivity index (χ0n) is 16.0. The molecule has 5 rings (SSSR count). The van der Waals surface area contributed by atoms with Crippen LogP contribution in [0.5, 0.6) is 0 Å². The first kappa shape index (κ1) is 15.2. The van der Waals surface area contributed by atoms with E-state index < -0.39 is 0 Å². The molecule has 4 heteroatoms. The van der Waals surface area contributed by atoms with Gasteiger partial charge in [0.2, 0.25) is 0 Å². The summed E-state index contributed by atoms with van der Waals surface area (Å²) in [5.41, 5.74) is 10.4. The smallest absolute Gasteiger partial charge is 0.102 e. The van der Waals surface area contributed by atoms with E-state index in [2.05, 4.69) is 72.9 Å². The van der Waals surface area contributed by atoms with Crippen LogP contribution < -0.4 is 9.80 Å². The number of anilines is 2. The third-order valence-electron chi connectivity index (χ3n) is 6.70. The van der Waals surface area contributed by atoms with Crippen LogP contribution in [0.15, 0.2) is 29.9 Å². The Morgan fingerprint density at radius 3 is 1.64 bits per heavy atom. The van der Waals surface area contributed by atoms with Crippen LogP contribution >= 0.6 is 0 Å². The van der Waals surface area contributed by atoms with Crippen LogP contribution in [0.2, 0.25) is 0 Å². The van der Waals surface area contributed by atoms with Crippen molar-refractivity contribution in [3.63, 3.8) is 0 Å². The summed E-state index contributed by atoms with van der Waals surface area (Å²) in [4.78, 5) is 9.86. The highest BCUT2D eigenvalue weighted by Gasteiger charge is 2.38. The highest BCUT2D eigenvalue weighted by atomic mass is 15.4. The number of allylic oxidation sites excluding steroid dienone is 2. The van der Waals surface area contributed by atoms with Crippen LogP contribution in [0.4, 0.5) is 11.4 Å². The summed E-state index contributed by atoms with van der Waals surface area (Å²) in [5.74, 6) is 0. The van der Waals surface area contributed by atoms with Crippen LogP contribution in [0.1, 0.15) is 43.4 Å². The lowest BCUT2D eigenvalue weighted by Crippen LogP contribution is -2.40. The van der Waals surface area contributed by atoms with E-state index >= 15 is 0 Å².